The first-order valence-electron chi connectivity index (χ1n) is 10.2. The first-order chi connectivity index (χ1) is 15.0. The van der Waals surface area contributed by atoms with Crippen LogP contribution in [0.15, 0.2) is 60.9 Å². The fourth-order valence-corrected chi connectivity index (χ4v) is 4.00. The van der Waals surface area contributed by atoms with Crippen molar-refractivity contribution in [1.82, 2.24) is 9.55 Å². The number of aromatic carboxylic acids is 1. The van der Waals surface area contributed by atoms with E-state index in [9.17, 15) is 18.7 Å². The first-order valence-corrected chi connectivity index (χ1v) is 10.2. The van der Waals surface area contributed by atoms with Gasteiger partial charge in [-0.05, 0) is 77.2 Å². The van der Waals surface area contributed by atoms with E-state index in [0.29, 0.717) is 30.1 Å². The van der Waals surface area contributed by atoms with Gasteiger partial charge in [0.15, 0.2) is 11.6 Å². The van der Waals surface area contributed by atoms with Crippen LogP contribution in [0.2, 0.25) is 0 Å². The summed E-state index contributed by atoms with van der Waals surface area (Å²) in [7, 11) is 0. The zero-order chi connectivity index (χ0) is 21.5. The summed E-state index contributed by atoms with van der Waals surface area (Å²) in [5, 5.41) is 10.6. The van der Waals surface area contributed by atoms with Gasteiger partial charge in [-0.3, -0.25) is 4.98 Å². The smallest absolute Gasteiger partial charge is 0.337 e. The second-order valence-electron chi connectivity index (χ2n) is 8.10. The maximum absolute atomic E-state index is 13.5. The lowest BCUT2D eigenvalue weighted by molar-refractivity contribution is 0.0695. The zero-order valence-corrected chi connectivity index (χ0v) is 16.7. The van der Waals surface area contributed by atoms with Gasteiger partial charge in [0.1, 0.15) is 0 Å². The second kappa shape index (κ2) is 7.61. The number of hydrogen-bond donors (Lipinski definition) is 1. The van der Waals surface area contributed by atoms with Gasteiger partial charge in [0.2, 0.25) is 0 Å². The molecule has 0 atom stereocenters. The fraction of sp³-hybridized carbons (Fsp3) is 0.200. The highest BCUT2D eigenvalue weighted by Crippen LogP contribution is 2.40. The van der Waals surface area contributed by atoms with E-state index in [1.54, 1.807) is 18.3 Å². The van der Waals surface area contributed by atoms with Gasteiger partial charge in [0.05, 0.1) is 11.3 Å². The van der Waals surface area contributed by atoms with Crippen molar-refractivity contribution in [2.24, 2.45) is 0 Å². The predicted octanol–water partition coefficient (Wildman–Crippen LogP) is 5.53. The van der Waals surface area contributed by atoms with Crippen LogP contribution in [0.4, 0.5) is 8.78 Å². The van der Waals surface area contributed by atoms with E-state index in [4.69, 9.17) is 0 Å². The van der Waals surface area contributed by atoms with Crippen LogP contribution in [0.25, 0.3) is 10.9 Å². The summed E-state index contributed by atoms with van der Waals surface area (Å²) in [6.07, 6.45) is 6.32. The van der Waals surface area contributed by atoms with Crippen LogP contribution < -0.4 is 0 Å². The fourth-order valence-electron chi connectivity index (χ4n) is 4.00. The number of nitrogens with zero attached hydrogens (tertiary/aromatic N) is 2. The van der Waals surface area contributed by atoms with Crippen LogP contribution >= 0.6 is 0 Å². The molecule has 1 aliphatic carbocycles. The molecule has 2 aromatic carbocycles. The average Bonchev–Trinajstić information content (AvgIpc) is 3.53. The molecule has 0 radical (unpaired) electrons. The molecule has 6 heteroatoms. The molecule has 0 aliphatic heterocycles. The van der Waals surface area contributed by atoms with Gasteiger partial charge >= 0.3 is 5.97 Å². The number of benzene rings is 2. The Morgan fingerprint density at radius 3 is 2.58 bits per heavy atom. The lowest BCUT2D eigenvalue weighted by atomic mass is 10.0. The van der Waals surface area contributed by atoms with Crippen molar-refractivity contribution >= 4 is 16.9 Å². The van der Waals surface area contributed by atoms with Crippen LogP contribution in [-0.4, -0.2) is 20.6 Å². The molecule has 1 N–H and O–H groups in total. The number of hydrogen-bond acceptors (Lipinski definition) is 2. The summed E-state index contributed by atoms with van der Waals surface area (Å²) in [5.41, 5.74) is 4.42. The zero-order valence-electron chi connectivity index (χ0n) is 16.7. The second-order valence-corrected chi connectivity index (χ2v) is 8.10. The third-order valence-electron chi connectivity index (χ3n) is 5.81. The Morgan fingerprint density at radius 2 is 1.84 bits per heavy atom. The van der Waals surface area contributed by atoms with E-state index in [1.165, 1.54) is 6.07 Å². The van der Waals surface area contributed by atoms with Crippen LogP contribution in [0.3, 0.4) is 0 Å². The van der Waals surface area contributed by atoms with E-state index >= 15 is 0 Å². The van der Waals surface area contributed by atoms with Crippen molar-refractivity contribution in [1.29, 1.82) is 0 Å². The minimum atomic E-state index is -0.955. The molecule has 1 fully saturated rings. The Bertz CT molecular complexity index is 1310. The molecule has 2 aromatic heterocycles. The highest BCUT2D eigenvalue weighted by molar-refractivity contribution is 5.89. The summed E-state index contributed by atoms with van der Waals surface area (Å²) in [6.45, 7) is 0.424. The van der Waals surface area contributed by atoms with Gasteiger partial charge in [-0.1, -0.05) is 12.1 Å². The number of fused-ring (bicyclic) bond motifs is 1. The Labute approximate surface area is 177 Å². The van der Waals surface area contributed by atoms with Crippen molar-refractivity contribution in [2.45, 2.75) is 31.7 Å². The molecule has 0 bridgehead atoms. The molecular weight excluding hydrogens is 398 g/mol. The van der Waals surface area contributed by atoms with Gasteiger partial charge in [0.25, 0.3) is 0 Å². The number of halogens is 2. The number of carboxylic acid groups (broad SMARTS) is 1. The lowest BCUT2D eigenvalue weighted by Crippen LogP contribution is -2.07. The van der Waals surface area contributed by atoms with Gasteiger partial charge in [0, 0.05) is 30.9 Å². The van der Waals surface area contributed by atoms with E-state index in [1.807, 2.05) is 35.0 Å². The number of rotatable bonds is 6. The largest absolute Gasteiger partial charge is 0.478 e. The van der Waals surface area contributed by atoms with Crippen molar-refractivity contribution < 1.29 is 18.7 Å². The maximum Gasteiger partial charge on any atom is 0.337 e. The molecule has 0 saturated heterocycles. The Hall–Kier alpha value is -3.54. The van der Waals surface area contributed by atoms with Crippen molar-refractivity contribution in [3.05, 3.63) is 101 Å². The predicted molar refractivity (Wildman–Crippen MR) is 113 cm³/mol. The number of aromatic nitrogens is 2. The Kier molecular flexibility index (Phi) is 4.77. The van der Waals surface area contributed by atoms with Crippen LogP contribution in [0.1, 0.15) is 51.5 Å². The van der Waals surface area contributed by atoms with Gasteiger partial charge in [-0.25, -0.2) is 13.6 Å². The molecule has 0 amide bonds. The third-order valence-corrected chi connectivity index (χ3v) is 5.81. The summed E-state index contributed by atoms with van der Waals surface area (Å²) >= 11 is 0. The molecule has 0 spiro atoms. The van der Waals surface area contributed by atoms with Crippen molar-refractivity contribution in [3.63, 3.8) is 0 Å². The van der Waals surface area contributed by atoms with Gasteiger partial charge in [-0.2, -0.15) is 0 Å². The third kappa shape index (κ3) is 3.93. The topological polar surface area (TPSA) is 55.1 Å². The molecule has 1 saturated carbocycles. The highest BCUT2D eigenvalue weighted by atomic mass is 19.2. The monoisotopic (exact) mass is 418 g/mol. The minimum Gasteiger partial charge on any atom is -0.478 e. The molecule has 1 aliphatic rings. The molecule has 2 heterocycles. The molecule has 4 aromatic rings. The highest BCUT2D eigenvalue weighted by Gasteiger charge is 2.25. The molecule has 156 valence electrons. The summed E-state index contributed by atoms with van der Waals surface area (Å²) in [4.78, 5) is 16.2. The standard InChI is InChI=1S/C25H20F2N2O2/c26-21-5-1-16(10-22(21)27)14-29-8-7-18-9-15(2-6-24(18)29)11-23-20(25(30)31)12-19(13-28-23)17-3-4-17/h1-2,5-10,12-13,17H,3-4,11,14H2,(H,30,31). The summed E-state index contributed by atoms with van der Waals surface area (Å²) in [6, 6.07) is 13.6. The van der Waals surface area contributed by atoms with E-state index < -0.39 is 17.6 Å². The molecule has 5 rings (SSSR count). The first kappa shape index (κ1) is 19.4. The van der Waals surface area contributed by atoms with E-state index in [2.05, 4.69) is 4.98 Å². The number of carboxylic acids is 1. The lowest BCUT2D eigenvalue weighted by Gasteiger charge is -2.09. The SMILES string of the molecule is O=C(O)c1cc(C2CC2)cnc1Cc1ccc2c(ccn2Cc2ccc(F)c(F)c2)c1. The quantitative estimate of drug-likeness (QED) is 0.448. The maximum atomic E-state index is 13.5. The molecular formula is C25H20F2N2O2. The Morgan fingerprint density at radius 1 is 1.03 bits per heavy atom. The summed E-state index contributed by atoms with van der Waals surface area (Å²) < 4.78 is 28.7. The Balaban J connectivity index is 1.41. The van der Waals surface area contributed by atoms with Crippen molar-refractivity contribution in [2.75, 3.05) is 0 Å². The van der Waals surface area contributed by atoms with Gasteiger partial charge in [-0.15, -0.1) is 0 Å². The minimum absolute atomic E-state index is 0.264. The summed E-state index contributed by atoms with van der Waals surface area (Å²) in [5.74, 6) is -2.22. The normalized spacial score (nSPS) is 13.6. The molecule has 31 heavy (non-hydrogen) atoms. The number of carbonyl (C=O) groups is 1. The van der Waals surface area contributed by atoms with E-state index in [-0.39, 0.29) is 5.56 Å². The average molecular weight is 418 g/mol. The molecule has 0 unspecified atom stereocenters. The number of pyridine rings is 1. The van der Waals surface area contributed by atoms with Crippen LogP contribution in [0.5, 0.6) is 0 Å². The molecule has 4 nitrogen and oxygen atoms in total. The van der Waals surface area contributed by atoms with Crippen LogP contribution in [0, 0.1) is 11.6 Å². The van der Waals surface area contributed by atoms with Gasteiger partial charge < -0.3 is 9.67 Å². The van der Waals surface area contributed by atoms with E-state index in [0.717, 1.165) is 40.9 Å². The van der Waals surface area contributed by atoms with Crippen LogP contribution in [-0.2, 0) is 13.0 Å². The van der Waals surface area contributed by atoms with Crippen molar-refractivity contribution in [3.8, 4) is 0 Å².